The second-order valence-electron chi connectivity index (χ2n) is 16.4. The van der Waals surface area contributed by atoms with Crippen LogP contribution in [0.2, 0.25) is 0 Å². The maximum absolute atomic E-state index is 12.7. The third-order valence-electron chi connectivity index (χ3n) is 10.8. The van der Waals surface area contributed by atoms with E-state index in [2.05, 4.69) is 32.9 Å². The lowest BCUT2D eigenvalue weighted by atomic mass is 10.0. The molecule has 0 spiro atoms. The zero-order chi connectivity index (χ0) is 40.1. The van der Waals surface area contributed by atoms with Crippen molar-refractivity contribution in [2.24, 2.45) is 0 Å². The minimum absolute atomic E-state index is 0.0686. The molecule has 0 bridgehead atoms. The standard InChI is InChI=1S/C49H92O6/c1-4-7-10-13-16-19-22-24-26-27-30-33-36-39-42-48(51)54-45-46(44-53-47(50)41-38-35-32-29-21-18-15-12-9-6-3)55-49(52)43-40-37-34-31-28-25-23-20-17-14-11-8-5-2/h20,23,46H,4-19,21-22,24-45H2,1-3H3/b23-20-/t46-/m1/s1. The van der Waals surface area contributed by atoms with E-state index in [4.69, 9.17) is 14.2 Å². The predicted octanol–water partition coefficient (Wildman–Crippen LogP) is 15.4. The Morgan fingerprint density at radius 1 is 0.345 bits per heavy atom. The van der Waals surface area contributed by atoms with Crippen molar-refractivity contribution in [1.29, 1.82) is 0 Å². The number of hydrogen-bond donors (Lipinski definition) is 0. The molecule has 0 aromatic carbocycles. The van der Waals surface area contributed by atoms with Gasteiger partial charge in [0.1, 0.15) is 13.2 Å². The minimum atomic E-state index is -0.766. The second-order valence-corrected chi connectivity index (χ2v) is 16.4. The normalized spacial score (nSPS) is 12.0. The van der Waals surface area contributed by atoms with Gasteiger partial charge in [-0.2, -0.15) is 0 Å². The van der Waals surface area contributed by atoms with Crippen molar-refractivity contribution in [2.75, 3.05) is 13.2 Å². The van der Waals surface area contributed by atoms with Crippen molar-refractivity contribution < 1.29 is 28.6 Å². The SMILES string of the molecule is CCCCCC/C=C\CCCCCCCC(=O)O[C@H](COC(=O)CCCCCCCCCCCC)COC(=O)CCCCCCCCCCCCCCCC. The highest BCUT2D eigenvalue weighted by atomic mass is 16.6. The number of allylic oxidation sites excluding steroid dienone is 2. The summed E-state index contributed by atoms with van der Waals surface area (Å²) in [6.45, 7) is 6.62. The van der Waals surface area contributed by atoms with Gasteiger partial charge in [0.2, 0.25) is 0 Å². The monoisotopic (exact) mass is 777 g/mol. The molecule has 0 saturated carbocycles. The van der Waals surface area contributed by atoms with Crippen LogP contribution in [0.15, 0.2) is 12.2 Å². The zero-order valence-electron chi connectivity index (χ0n) is 37.0. The van der Waals surface area contributed by atoms with E-state index < -0.39 is 6.10 Å². The van der Waals surface area contributed by atoms with E-state index >= 15 is 0 Å². The average molecular weight is 777 g/mol. The van der Waals surface area contributed by atoms with Crippen LogP contribution in [-0.2, 0) is 28.6 Å². The number of esters is 3. The summed E-state index contributed by atoms with van der Waals surface area (Å²) in [5.41, 5.74) is 0. The molecule has 0 aliphatic carbocycles. The van der Waals surface area contributed by atoms with E-state index in [0.717, 1.165) is 64.2 Å². The Morgan fingerprint density at radius 3 is 0.927 bits per heavy atom. The van der Waals surface area contributed by atoms with Gasteiger partial charge in [0.25, 0.3) is 0 Å². The first-order valence-electron chi connectivity index (χ1n) is 24.2. The van der Waals surface area contributed by atoms with E-state index in [1.807, 2.05) is 0 Å². The van der Waals surface area contributed by atoms with Crippen molar-refractivity contribution in [2.45, 2.75) is 271 Å². The number of ether oxygens (including phenoxy) is 3. The molecule has 0 N–H and O–H groups in total. The Balaban J connectivity index is 4.33. The van der Waals surface area contributed by atoms with Gasteiger partial charge in [-0.3, -0.25) is 14.4 Å². The fourth-order valence-electron chi connectivity index (χ4n) is 7.08. The lowest BCUT2D eigenvalue weighted by Crippen LogP contribution is -2.30. The van der Waals surface area contributed by atoms with Crippen LogP contribution in [-0.4, -0.2) is 37.2 Å². The first-order chi connectivity index (χ1) is 27.0. The number of carbonyl (C=O) groups excluding carboxylic acids is 3. The van der Waals surface area contributed by atoms with Crippen LogP contribution in [0.1, 0.15) is 265 Å². The molecule has 6 heteroatoms. The molecule has 0 amide bonds. The van der Waals surface area contributed by atoms with E-state index in [1.165, 1.54) is 161 Å². The predicted molar refractivity (Wildman–Crippen MR) is 233 cm³/mol. The molecule has 6 nitrogen and oxygen atoms in total. The highest BCUT2D eigenvalue weighted by molar-refractivity contribution is 5.71. The lowest BCUT2D eigenvalue weighted by molar-refractivity contribution is -0.167. The highest BCUT2D eigenvalue weighted by Crippen LogP contribution is 2.15. The number of hydrogen-bond acceptors (Lipinski definition) is 6. The topological polar surface area (TPSA) is 78.9 Å². The molecule has 0 aliphatic rings. The summed E-state index contributed by atoms with van der Waals surface area (Å²) in [6, 6.07) is 0. The Kier molecular flexibility index (Phi) is 43.4. The Bertz CT molecular complexity index is 854. The molecule has 1 atom stereocenters. The van der Waals surface area contributed by atoms with E-state index in [-0.39, 0.29) is 31.1 Å². The largest absolute Gasteiger partial charge is 0.462 e. The summed E-state index contributed by atoms with van der Waals surface area (Å²) in [7, 11) is 0. The first kappa shape index (κ1) is 53.1. The van der Waals surface area contributed by atoms with Crippen LogP contribution in [0.5, 0.6) is 0 Å². The van der Waals surface area contributed by atoms with Gasteiger partial charge in [-0.15, -0.1) is 0 Å². The quantitative estimate of drug-likeness (QED) is 0.0265. The average Bonchev–Trinajstić information content (AvgIpc) is 3.18. The number of rotatable bonds is 44. The molecular formula is C49H92O6. The van der Waals surface area contributed by atoms with Gasteiger partial charge >= 0.3 is 17.9 Å². The molecule has 0 aliphatic heterocycles. The van der Waals surface area contributed by atoms with Gasteiger partial charge in [0.15, 0.2) is 6.10 Å². The van der Waals surface area contributed by atoms with Crippen molar-refractivity contribution >= 4 is 17.9 Å². The van der Waals surface area contributed by atoms with Crippen molar-refractivity contribution in [3.8, 4) is 0 Å². The summed E-state index contributed by atoms with van der Waals surface area (Å²) < 4.78 is 16.7. The summed E-state index contributed by atoms with van der Waals surface area (Å²) in [4.78, 5) is 37.8. The third kappa shape index (κ3) is 43.1. The van der Waals surface area contributed by atoms with Crippen molar-refractivity contribution in [1.82, 2.24) is 0 Å². The smallest absolute Gasteiger partial charge is 0.306 e. The van der Waals surface area contributed by atoms with Crippen LogP contribution in [0.4, 0.5) is 0 Å². The lowest BCUT2D eigenvalue weighted by Gasteiger charge is -2.18. The molecule has 0 radical (unpaired) electrons. The summed E-state index contributed by atoms with van der Waals surface area (Å²) in [5, 5.41) is 0. The van der Waals surface area contributed by atoms with Gasteiger partial charge in [-0.1, -0.05) is 213 Å². The first-order valence-corrected chi connectivity index (χ1v) is 24.2. The molecular weight excluding hydrogens is 685 g/mol. The Labute approximate surface area is 341 Å². The van der Waals surface area contributed by atoms with E-state index in [9.17, 15) is 14.4 Å². The van der Waals surface area contributed by atoms with Crippen molar-refractivity contribution in [3.63, 3.8) is 0 Å². The fourth-order valence-corrected chi connectivity index (χ4v) is 7.08. The molecule has 0 unspecified atom stereocenters. The maximum atomic E-state index is 12.7. The molecule has 0 aromatic heterocycles. The van der Waals surface area contributed by atoms with Crippen LogP contribution in [0, 0.1) is 0 Å². The highest BCUT2D eigenvalue weighted by Gasteiger charge is 2.19. The van der Waals surface area contributed by atoms with Crippen LogP contribution in [0.25, 0.3) is 0 Å². The summed E-state index contributed by atoms with van der Waals surface area (Å²) in [5.74, 6) is -0.867. The molecule has 0 fully saturated rings. The Hall–Kier alpha value is -1.85. The van der Waals surface area contributed by atoms with Gasteiger partial charge in [-0.05, 0) is 44.9 Å². The summed E-state index contributed by atoms with van der Waals surface area (Å²) >= 11 is 0. The molecule has 324 valence electrons. The molecule has 0 saturated heterocycles. The molecule has 55 heavy (non-hydrogen) atoms. The van der Waals surface area contributed by atoms with Crippen LogP contribution < -0.4 is 0 Å². The molecule has 0 rings (SSSR count). The maximum Gasteiger partial charge on any atom is 0.306 e. The van der Waals surface area contributed by atoms with Crippen LogP contribution >= 0.6 is 0 Å². The second kappa shape index (κ2) is 44.9. The minimum Gasteiger partial charge on any atom is -0.462 e. The van der Waals surface area contributed by atoms with Gasteiger partial charge in [0, 0.05) is 19.3 Å². The summed E-state index contributed by atoms with van der Waals surface area (Å²) in [6.07, 6.45) is 47.6. The van der Waals surface area contributed by atoms with Gasteiger partial charge in [0.05, 0.1) is 0 Å². The van der Waals surface area contributed by atoms with Gasteiger partial charge in [-0.25, -0.2) is 0 Å². The zero-order valence-corrected chi connectivity index (χ0v) is 37.0. The van der Waals surface area contributed by atoms with E-state index in [1.54, 1.807) is 0 Å². The fraction of sp³-hybridized carbons (Fsp3) is 0.898. The Morgan fingerprint density at radius 2 is 0.600 bits per heavy atom. The number of carbonyl (C=O) groups is 3. The van der Waals surface area contributed by atoms with Crippen molar-refractivity contribution in [3.05, 3.63) is 12.2 Å². The third-order valence-corrected chi connectivity index (χ3v) is 10.8. The number of unbranched alkanes of at least 4 members (excludes halogenated alkanes) is 31. The molecule has 0 aromatic rings. The molecule has 0 heterocycles. The van der Waals surface area contributed by atoms with E-state index in [0.29, 0.717) is 19.3 Å². The van der Waals surface area contributed by atoms with Gasteiger partial charge < -0.3 is 14.2 Å². The van der Waals surface area contributed by atoms with Crippen LogP contribution in [0.3, 0.4) is 0 Å².